The van der Waals surface area contributed by atoms with Crippen LogP contribution in [0.5, 0.6) is 11.5 Å². The van der Waals surface area contributed by atoms with E-state index in [1.165, 1.54) is 12.1 Å². The molecule has 3 aromatic rings. The molecule has 0 fully saturated rings. The first-order valence-electron chi connectivity index (χ1n) is 9.02. The molecule has 3 rings (SSSR count). The number of hydrogen-bond acceptors (Lipinski definition) is 4. The summed E-state index contributed by atoms with van der Waals surface area (Å²) in [6, 6.07) is 22.2. The van der Waals surface area contributed by atoms with Gasteiger partial charge in [0.15, 0.2) is 0 Å². The molecule has 146 valence electrons. The Morgan fingerprint density at radius 1 is 0.793 bits per heavy atom. The Morgan fingerprint density at radius 3 is 1.69 bits per heavy atom. The maximum atomic E-state index is 10.8. The number of ether oxygens (including phenoxy) is 2. The summed E-state index contributed by atoms with van der Waals surface area (Å²) in [4.78, 5) is 10.4. The molecule has 0 atom stereocenters. The Bertz CT molecular complexity index is 968. The summed E-state index contributed by atoms with van der Waals surface area (Å²) < 4.78 is 10.5. The van der Waals surface area contributed by atoms with Crippen LogP contribution < -0.4 is 9.47 Å². The van der Waals surface area contributed by atoms with Crippen LogP contribution in [0.25, 0.3) is 11.6 Å². The highest BCUT2D eigenvalue weighted by atomic mass is 16.6. The zero-order chi connectivity index (χ0) is 20.6. The minimum absolute atomic E-state index is 0.0786. The van der Waals surface area contributed by atoms with Crippen molar-refractivity contribution in [1.82, 2.24) is 0 Å². The minimum atomic E-state index is -0.404. The van der Waals surface area contributed by atoms with Gasteiger partial charge in [0.1, 0.15) is 11.5 Å². The van der Waals surface area contributed by atoms with E-state index in [0.29, 0.717) is 0 Å². The van der Waals surface area contributed by atoms with E-state index in [0.717, 1.165) is 33.8 Å². The highest BCUT2D eigenvalue weighted by molar-refractivity contribution is 5.82. The van der Waals surface area contributed by atoms with Gasteiger partial charge in [0.2, 0.25) is 0 Å². The standard InChI is InChI=1S/C24H21NO4/c1-28-22-14-8-19(9-15-22)24(20-10-16-23(29-2)17-11-20)5-3-4-18-6-12-21(13-7-18)25(26)27/h3-17H,1-2H3/b4-3+. The number of methoxy groups -OCH3 is 2. The van der Waals surface area contributed by atoms with Crippen molar-refractivity contribution in [3.05, 3.63) is 112 Å². The van der Waals surface area contributed by atoms with Crippen molar-refractivity contribution in [3.8, 4) is 11.5 Å². The quantitative estimate of drug-likeness (QED) is 0.294. The first-order chi connectivity index (χ1) is 14.1. The number of non-ortho nitro benzene ring substituents is 1. The third kappa shape index (κ3) is 5.11. The van der Waals surface area contributed by atoms with Gasteiger partial charge in [0, 0.05) is 12.1 Å². The van der Waals surface area contributed by atoms with E-state index in [1.807, 2.05) is 66.8 Å². The number of nitrogens with zero attached hydrogens (tertiary/aromatic N) is 1. The fraction of sp³-hybridized carbons (Fsp3) is 0.0833. The molecule has 0 bridgehead atoms. The fourth-order valence-electron chi connectivity index (χ4n) is 2.86. The molecule has 0 spiro atoms. The Hall–Kier alpha value is -3.86. The number of allylic oxidation sites excluding steroid dienone is 2. The predicted octanol–water partition coefficient (Wildman–Crippen LogP) is 5.76. The molecular weight excluding hydrogens is 366 g/mol. The maximum absolute atomic E-state index is 10.8. The van der Waals surface area contributed by atoms with Crippen molar-refractivity contribution >= 4 is 17.3 Å². The van der Waals surface area contributed by atoms with Crippen LogP contribution in [-0.4, -0.2) is 19.1 Å². The SMILES string of the molecule is COc1ccc(C(=C/C=C/c2ccc([N+](=O)[O-])cc2)c2ccc(OC)cc2)cc1. The number of rotatable bonds is 7. The average molecular weight is 387 g/mol. The van der Waals surface area contributed by atoms with Crippen LogP contribution in [-0.2, 0) is 0 Å². The van der Waals surface area contributed by atoms with Gasteiger partial charge in [-0.05, 0) is 58.7 Å². The largest absolute Gasteiger partial charge is 0.497 e. The predicted molar refractivity (Wildman–Crippen MR) is 115 cm³/mol. The van der Waals surface area contributed by atoms with Crippen LogP contribution in [0, 0.1) is 10.1 Å². The van der Waals surface area contributed by atoms with Gasteiger partial charge < -0.3 is 9.47 Å². The lowest BCUT2D eigenvalue weighted by atomic mass is 9.97. The Morgan fingerprint density at radius 2 is 1.28 bits per heavy atom. The van der Waals surface area contributed by atoms with Gasteiger partial charge in [0.05, 0.1) is 19.1 Å². The van der Waals surface area contributed by atoms with Gasteiger partial charge in [0.25, 0.3) is 5.69 Å². The summed E-state index contributed by atoms with van der Waals surface area (Å²) in [5.41, 5.74) is 4.09. The molecule has 0 heterocycles. The normalized spacial score (nSPS) is 10.6. The van der Waals surface area contributed by atoms with Gasteiger partial charge in [-0.15, -0.1) is 0 Å². The maximum Gasteiger partial charge on any atom is 0.269 e. The molecule has 0 aliphatic rings. The molecule has 0 aliphatic heterocycles. The van der Waals surface area contributed by atoms with E-state index in [1.54, 1.807) is 26.4 Å². The molecular formula is C24H21NO4. The van der Waals surface area contributed by atoms with Crippen LogP contribution in [0.2, 0.25) is 0 Å². The Kier molecular flexibility index (Phi) is 6.43. The second kappa shape index (κ2) is 9.37. The molecule has 0 aromatic heterocycles. The fourth-order valence-corrected chi connectivity index (χ4v) is 2.86. The highest BCUT2D eigenvalue weighted by Crippen LogP contribution is 2.27. The summed E-state index contributed by atoms with van der Waals surface area (Å²) in [7, 11) is 3.28. The summed E-state index contributed by atoms with van der Waals surface area (Å²) >= 11 is 0. The molecule has 0 saturated heterocycles. The number of benzene rings is 3. The molecule has 0 N–H and O–H groups in total. The van der Waals surface area contributed by atoms with E-state index in [9.17, 15) is 10.1 Å². The lowest BCUT2D eigenvalue weighted by molar-refractivity contribution is -0.384. The molecule has 5 heteroatoms. The van der Waals surface area contributed by atoms with Crippen molar-refractivity contribution in [1.29, 1.82) is 0 Å². The third-order valence-electron chi connectivity index (χ3n) is 4.46. The molecule has 29 heavy (non-hydrogen) atoms. The van der Waals surface area contributed by atoms with E-state index < -0.39 is 4.92 Å². The van der Waals surface area contributed by atoms with Gasteiger partial charge in [-0.25, -0.2) is 0 Å². The second-order valence-electron chi connectivity index (χ2n) is 6.25. The molecule has 5 nitrogen and oxygen atoms in total. The first kappa shape index (κ1) is 19.9. The summed E-state index contributed by atoms with van der Waals surface area (Å²) in [5, 5.41) is 10.8. The summed E-state index contributed by atoms with van der Waals surface area (Å²) in [6.07, 6.45) is 5.87. The van der Waals surface area contributed by atoms with Crippen LogP contribution in [0.4, 0.5) is 5.69 Å². The smallest absolute Gasteiger partial charge is 0.269 e. The van der Waals surface area contributed by atoms with Gasteiger partial charge in [-0.1, -0.05) is 42.5 Å². The highest BCUT2D eigenvalue weighted by Gasteiger charge is 2.06. The van der Waals surface area contributed by atoms with Gasteiger partial charge in [-0.3, -0.25) is 10.1 Å². The van der Waals surface area contributed by atoms with Crippen molar-refractivity contribution in [3.63, 3.8) is 0 Å². The molecule has 0 saturated carbocycles. The van der Waals surface area contributed by atoms with E-state index in [2.05, 4.69) is 0 Å². The molecule has 0 unspecified atom stereocenters. The van der Waals surface area contributed by atoms with Crippen molar-refractivity contribution in [2.24, 2.45) is 0 Å². The van der Waals surface area contributed by atoms with Gasteiger partial charge in [-0.2, -0.15) is 0 Å². The lowest BCUT2D eigenvalue weighted by Gasteiger charge is -2.10. The zero-order valence-electron chi connectivity index (χ0n) is 16.2. The van der Waals surface area contributed by atoms with Crippen molar-refractivity contribution in [2.75, 3.05) is 14.2 Å². The van der Waals surface area contributed by atoms with Crippen LogP contribution in [0.3, 0.4) is 0 Å². The Labute approximate surface area is 169 Å². The first-order valence-corrected chi connectivity index (χ1v) is 9.02. The second-order valence-corrected chi connectivity index (χ2v) is 6.25. The monoisotopic (exact) mass is 387 g/mol. The Balaban J connectivity index is 1.93. The lowest BCUT2D eigenvalue weighted by Crippen LogP contribution is -1.90. The molecule has 0 aliphatic carbocycles. The van der Waals surface area contributed by atoms with E-state index >= 15 is 0 Å². The average Bonchev–Trinajstić information content (AvgIpc) is 2.77. The molecule has 0 radical (unpaired) electrons. The third-order valence-corrected chi connectivity index (χ3v) is 4.46. The van der Waals surface area contributed by atoms with E-state index in [-0.39, 0.29) is 5.69 Å². The molecule has 3 aromatic carbocycles. The number of hydrogen-bond donors (Lipinski definition) is 0. The van der Waals surface area contributed by atoms with Crippen LogP contribution in [0.15, 0.2) is 84.9 Å². The zero-order valence-corrected chi connectivity index (χ0v) is 16.2. The summed E-state index contributed by atoms with van der Waals surface area (Å²) in [6.45, 7) is 0. The number of nitro groups is 1. The number of nitro benzene ring substituents is 1. The van der Waals surface area contributed by atoms with E-state index in [4.69, 9.17) is 9.47 Å². The van der Waals surface area contributed by atoms with Crippen molar-refractivity contribution in [2.45, 2.75) is 0 Å². The summed E-state index contributed by atoms with van der Waals surface area (Å²) in [5.74, 6) is 1.59. The minimum Gasteiger partial charge on any atom is -0.497 e. The van der Waals surface area contributed by atoms with Crippen molar-refractivity contribution < 1.29 is 14.4 Å². The molecule has 0 amide bonds. The van der Waals surface area contributed by atoms with Gasteiger partial charge >= 0.3 is 0 Å². The topological polar surface area (TPSA) is 61.6 Å². The van der Waals surface area contributed by atoms with Crippen LogP contribution >= 0.6 is 0 Å². The van der Waals surface area contributed by atoms with Crippen LogP contribution in [0.1, 0.15) is 16.7 Å².